The molecule has 2 N–H and O–H groups in total. The highest BCUT2D eigenvalue weighted by molar-refractivity contribution is 6.08. The van der Waals surface area contributed by atoms with Crippen molar-refractivity contribution in [2.24, 2.45) is 0 Å². The van der Waals surface area contributed by atoms with Crippen LogP contribution in [0.25, 0.3) is 10.9 Å². The Balaban J connectivity index is 1.69. The summed E-state index contributed by atoms with van der Waals surface area (Å²) < 4.78 is 0. The maximum absolute atomic E-state index is 12.6. The number of urea groups is 1. The number of nitrogens with one attached hydrogen (secondary N) is 2. The highest BCUT2D eigenvalue weighted by Crippen LogP contribution is 2.45. The van der Waals surface area contributed by atoms with Gasteiger partial charge >= 0.3 is 6.03 Å². The van der Waals surface area contributed by atoms with Crippen LogP contribution in [0.3, 0.4) is 0 Å². The van der Waals surface area contributed by atoms with Crippen molar-refractivity contribution in [2.75, 3.05) is 26.7 Å². The minimum absolute atomic E-state index is 0.0258. The molecule has 1 aromatic carbocycles. The van der Waals surface area contributed by atoms with E-state index in [-0.39, 0.29) is 17.9 Å². The van der Waals surface area contributed by atoms with Gasteiger partial charge in [-0.15, -0.1) is 0 Å². The van der Waals surface area contributed by atoms with E-state index in [4.69, 9.17) is 0 Å². The summed E-state index contributed by atoms with van der Waals surface area (Å²) in [5, 5.41) is 4.50. The van der Waals surface area contributed by atoms with Crippen molar-refractivity contribution in [2.45, 2.75) is 58.5 Å². The highest BCUT2D eigenvalue weighted by Gasteiger charge is 2.41. The Bertz CT molecular complexity index is 959. The molecule has 3 atom stereocenters. The van der Waals surface area contributed by atoms with Gasteiger partial charge in [0.05, 0.1) is 5.52 Å². The van der Waals surface area contributed by atoms with Crippen LogP contribution in [0.15, 0.2) is 12.1 Å². The number of piperidine rings is 1. The Morgan fingerprint density at radius 1 is 1.28 bits per heavy atom. The standard InChI is InChI=1S/C23H32N4O2/c1-6-27(7-2)23(29)25-15-10-19-17-9-8-16(14(4)28)22-21(17)18(13(3)24-22)11-20(19)26(5)12-15/h8-9,15,19-20,24H,6-7,10-12H2,1-5H3,(H,25,29)/t15-,19+,20+/m0/s1. The molecule has 0 saturated carbocycles. The van der Waals surface area contributed by atoms with Crippen LogP contribution in [0.4, 0.5) is 4.79 Å². The lowest BCUT2D eigenvalue weighted by Gasteiger charge is -2.46. The third-order valence-electron chi connectivity index (χ3n) is 6.95. The van der Waals surface area contributed by atoms with Gasteiger partial charge in [0.25, 0.3) is 0 Å². The van der Waals surface area contributed by atoms with Gasteiger partial charge in [0, 0.05) is 54.3 Å². The monoisotopic (exact) mass is 396 g/mol. The SMILES string of the molecule is CCN(CC)C(=O)N[C@H]1C[C@@H]2c3ccc(C(C)=O)c4[nH]c(C)c(c34)C[C@H]2N(C)C1. The fraction of sp³-hybridized carbons (Fsp3) is 0.565. The number of nitrogens with zero attached hydrogens (tertiary/aromatic N) is 2. The van der Waals surface area contributed by atoms with Crippen LogP contribution in [0.2, 0.25) is 0 Å². The highest BCUT2D eigenvalue weighted by atomic mass is 16.2. The van der Waals surface area contributed by atoms with E-state index in [9.17, 15) is 9.59 Å². The minimum atomic E-state index is 0.0258. The van der Waals surface area contributed by atoms with Gasteiger partial charge in [-0.1, -0.05) is 6.07 Å². The molecule has 2 aliphatic rings. The molecule has 1 fully saturated rings. The summed E-state index contributed by atoms with van der Waals surface area (Å²) in [5.74, 6) is 0.443. The van der Waals surface area contributed by atoms with Crippen LogP contribution in [-0.2, 0) is 6.42 Å². The van der Waals surface area contributed by atoms with Crippen molar-refractivity contribution >= 4 is 22.7 Å². The number of Topliss-reactive ketones (excluding diaryl/α,β-unsaturated/α-hetero) is 1. The fourth-order valence-corrected chi connectivity index (χ4v) is 5.43. The number of amides is 2. The first-order valence-corrected chi connectivity index (χ1v) is 10.8. The molecule has 0 radical (unpaired) electrons. The van der Waals surface area contributed by atoms with Crippen LogP contribution >= 0.6 is 0 Å². The lowest BCUT2D eigenvalue weighted by Crippen LogP contribution is -2.56. The topological polar surface area (TPSA) is 68.4 Å². The van der Waals surface area contributed by atoms with Crippen LogP contribution in [-0.4, -0.2) is 65.4 Å². The third kappa shape index (κ3) is 3.23. The first kappa shape index (κ1) is 20.0. The Hall–Kier alpha value is -2.34. The van der Waals surface area contributed by atoms with Gasteiger partial charge in [0.2, 0.25) is 0 Å². The number of carbonyl (C=O) groups excluding carboxylic acids is 2. The minimum Gasteiger partial charge on any atom is -0.358 e. The van der Waals surface area contributed by atoms with Gasteiger partial charge in [-0.2, -0.15) is 0 Å². The summed E-state index contributed by atoms with van der Waals surface area (Å²) in [5.41, 5.74) is 5.58. The number of aromatic amines is 1. The molecule has 2 aromatic rings. The second kappa shape index (κ2) is 7.48. The quantitative estimate of drug-likeness (QED) is 0.778. The molecular formula is C23H32N4O2. The molecule has 2 heterocycles. The molecule has 156 valence electrons. The second-order valence-electron chi connectivity index (χ2n) is 8.61. The number of likely N-dealkylation sites (N-methyl/N-ethyl adjacent to an activating group) is 1. The molecular weight excluding hydrogens is 364 g/mol. The predicted molar refractivity (Wildman–Crippen MR) is 116 cm³/mol. The Morgan fingerprint density at radius 2 is 2.00 bits per heavy atom. The zero-order valence-electron chi connectivity index (χ0n) is 18.1. The Labute approximate surface area is 172 Å². The molecule has 6 nitrogen and oxygen atoms in total. The average Bonchev–Trinajstić information content (AvgIpc) is 3.00. The predicted octanol–water partition coefficient (Wildman–Crippen LogP) is 3.44. The number of aryl methyl sites for hydroxylation is 1. The average molecular weight is 397 g/mol. The molecule has 29 heavy (non-hydrogen) atoms. The van der Waals surface area contributed by atoms with E-state index in [1.807, 2.05) is 24.8 Å². The van der Waals surface area contributed by atoms with Crippen LogP contribution in [0.5, 0.6) is 0 Å². The first-order chi connectivity index (χ1) is 13.8. The lowest BCUT2D eigenvalue weighted by molar-refractivity contribution is 0.101. The molecule has 2 amide bonds. The summed E-state index contributed by atoms with van der Waals surface area (Å²) in [6.45, 7) is 10.1. The maximum Gasteiger partial charge on any atom is 0.317 e. The van der Waals surface area contributed by atoms with E-state index in [0.29, 0.717) is 12.0 Å². The molecule has 1 aliphatic carbocycles. The number of benzene rings is 1. The van der Waals surface area contributed by atoms with Gasteiger partial charge < -0.3 is 20.1 Å². The van der Waals surface area contributed by atoms with Gasteiger partial charge in [-0.3, -0.25) is 4.79 Å². The second-order valence-corrected chi connectivity index (χ2v) is 8.61. The third-order valence-corrected chi connectivity index (χ3v) is 6.95. The summed E-state index contributed by atoms with van der Waals surface area (Å²) >= 11 is 0. The zero-order valence-corrected chi connectivity index (χ0v) is 18.1. The Kier molecular flexibility index (Phi) is 5.15. The van der Waals surface area contributed by atoms with Crippen molar-refractivity contribution in [1.29, 1.82) is 0 Å². The van der Waals surface area contributed by atoms with E-state index in [1.54, 1.807) is 6.92 Å². The number of fused-ring (bicyclic) bond motifs is 2. The van der Waals surface area contributed by atoms with Gasteiger partial charge in [0.1, 0.15) is 0 Å². The molecule has 0 spiro atoms. The molecule has 0 unspecified atom stereocenters. The lowest BCUT2D eigenvalue weighted by atomic mass is 9.73. The van der Waals surface area contributed by atoms with Crippen LogP contribution < -0.4 is 5.32 Å². The largest absolute Gasteiger partial charge is 0.358 e. The van der Waals surface area contributed by atoms with Gasteiger partial charge in [-0.25, -0.2) is 4.79 Å². The summed E-state index contributed by atoms with van der Waals surface area (Å²) in [6, 6.07) is 4.69. The number of ketones is 1. The van der Waals surface area contributed by atoms with Crippen molar-refractivity contribution in [1.82, 2.24) is 20.1 Å². The molecule has 1 aliphatic heterocycles. The molecule has 1 saturated heterocycles. The molecule has 1 aromatic heterocycles. The van der Waals surface area contributed by atoms with Gasteiger partial charge in [-0.05, 0) is 64.8 Å². The maximum atomic E-state index is 12.6. The summed E-state index contributed by atoms with van der Waals surface area (Å²) in [6.07, 6.45) is 1.91. The van der Waals surface area contributed by atoms with Gasteiger partial charge in [0.15, 0.2) is 5.78 Å². The van der Waals surface area contributed by atoms with E-state index < -0.39 is 0 Å². The smallest absolute Gasteiger partial charge is 0.317 e. The number of carbonyl (C=O) groups is 2. The van der Waals surface area contributed by atoms with E-state index in [1.165, 1.54) is 22.2 Å². The van der Waals surface area contributed by atoms with Crippen molar-refractivity contribution < 1.29 is 9.59 Å². The Morgan fingerprint density at radius 3 is 2.66 bits per heavy atom. The first-order valence-electron chi connectivity index (χ1n) is 10.8. The summed E-state index contributed by atoms with van der Waals surface area (Å²) in [4.78, 5) is 32.5. The molecule has 6 heteroatoms. The van der Waals surface area contributed by atoms with Crippen LogP contribution in [0.1, 0.15) is 60.3 Å². The zero-order chi connectivity index (χ0) is 20.9. The van der Waals surface area contributed by atoms with Crippen molar-refractivity contribution in [3.63, 3.8) is 0 Å². The van der Waals surface area contributed by atoms with E-state index in [2.05, 4.69) is 35.2 Å². The van der Waals surface area contributed by atoms with Crippen molar-refractivity contribution in [3.8, 4) is 0 Å². The van der Waals surface area contributed by atoms with Crippen molar-refractivity contribution in [3.05, 3.63) is 34.5 Å². The van der Waals surface area contributed by atoms with Crippen LogP contribution in [0, 0.1) is 6.92 Å². The number of likely N-dealkylation sites (tertiary alicyclic amines) is 1. The van der Waals surface area contributed by atoms with E-state index in [0.717, 1.165) is 43.6 Å². The normalized spacial score (nSPS) is 23.7. The number of hydrogen-bond donors (Lipinski definition) is 2. The number of rotatable bonds is 4. The number of H-pyrrole nitrogens is 1. The fourth-order valence-electron chi connectivity index (χ4n) is 5.43. The number of aromatic nitrogens is 1. The summed E-state index contributed by atoms with van der Waals surface area (Å²) in [7, 11) is 2.17. The molecule has 4 rings (SSSR count). The number of hydrogen-bond acceptors (Lipinski definition) is 3. The molecule has 0 bridgehead atoms. The van der Waals surface area contributed by atoms with E-state index >= 15 is 0 Å².